The SMILES string of the molecule is CNC(C#N)(CSc1nccc(=O)[nH]1)C1CC1. The minimum absolute atomic E-state index is 0.166. The normalized spacial score (nSPS) is 18.4. The standard InChI is InChI=1S/C11H14N4OS/c1-13-11(6-12,8-2-3-8)7-17-10-14-5-4-9(16)15-10/h4-5,8,13H,2-3,7H2,1H3,(H,14,15,16). The van der Waals surface area contributed by atoms with Crippen LogP contribution in [0.4, 0.5) is 0 Å². The van der Waals surface area contributed by atoms with Gasteiger partial charge >= 0.3 is 0 Å². The van der Waals surface area contributed by atoms with Crippen molar-refractivity contribution in [3.63, 3.8) is 0 Å². The zero-order valence-corrected chi connectivity index (χ0v) is 10.4. The highest BCUT2D eigenvalue weighted by Crippen LogP contribution is 2.41. The van der Waals surface area contributed by atoms with E-state index in [0.29, 0.717) is 16.8 Å². The summed E-state index contributed by atoms with van der Waals surface area (Å²) in [6.45, 7) is 0. The summed E-state index contributed by atoms with van der Waals surface area (Å²) in [4.78, 5) is 17.8. The fraction of sp³-hybridized carbons (Fsp3) is 0.545. The van der Waals surface area contributed by atoms with Gasteiger partial charge in [0.1, 0.15) is 5.54 Å². The first-order valence-corrected chi connectivity index (χ1v) is 6.47. The quantitative estimate of drug-likeness (QED) is 0.595. The molecule has 2 N–H and O–H groups in total. The van der Waals surface area contributed by atoms with E-state index in [1.165, 1.54) is 24.0 Å². The molecule has 1 heterocycles. The van der Waals surface area contributed by atoms with Gasteiger partial charge in [0.15, 0.2) is 5.16 Å². The molecule has 0 saturated heterocycles. The maximum Gasteiger partial charge on any atom is 0.251 e. The second kappa shape index (κ2) is 4.90. The number of nitrogens with zero attached hydrogens (tertiary/aromatic N) is 2. The Hall–Kier alpha value is -1.32. The number of H-pyrrole nitrogens is 1. The van der Waals surface area contributed by atoms with E-state index in [0.717, 1.165) is 12.8 Å². The van der Waals surface area contributed by atoms with E-state index in [2.05, 4.69) is 21.4 Å². The van der Waals surface area contributed by atoms with Crippen molar-refractivity contribution < 1.29 is 0 Å². The second-order valence-corrected chi connectivity index (χ2v) is 5.10. The highest BCUT2D eigenvalue weighted by atomic mass is 32.2. The molecule has 1 fully saturated rings. The fourth-order valence-electron chi connectivity index (χ4n) is 1.76. The third kappa shape index (κ3) is 2.68. The van der Waals surface area contributed by atoms with Gasteiger partial charge in [-0.1, -0.05) is 11.8 Å². The van der Waals surface area contributed by atoms with Crippen LogP contribution >= 0.6 is 11.8 Å². The van der Waals surface area contributed by atoms with Crippen molar-refractivity contribution >= 4 is 11.8 Å². The number of thioether (sulfide) groups is 1. The highest BCUT2D eigenvalue weighted by molar-refractivity contribution is 7.99. The molecule has 6 heteroatoms. The minimum atomic E-state index is -0.501. The van der Waals surface area contributed by atoms with Gasteiger partial charge in [-0.2, -0.15) is 5.26 Å². The molecular weight excluding hydrogens is 236 g/mol. The number of hydrogen-bond donors (Lipinski definition) is 2. The van der Waals surface area contributed by atoms with Crippen molar-refractivity contribution in [2.45, 2.75) is 23.5 Å². The molecule has 0 spiro atoms. The molecule has 17 heavy (non-hydrogen) atoms. The van der Waals surface area contributed by atoms with Gasteiger partial charge in [0.05, 0.1) is 6.07 Å². The molecular formula is C11H14N4OS. The van der Waals surface area contributed by atoms with E-state index < -0.39 is 5.54 Å². The molecule has 1 unspecified atom stereocenters. The van der Waals surface area contributed by atoms with Crippen molar-refractivity contribution in [2.24, 2.45) is 5.92 Å². The van der Waals surface area contributed by atoms with Crippen LogP contribution in [0.2, 0.25) is 0 Å². The largest absolute Gasteiger partial charge is 0.302 e. The van der Waals surface area contributed by atoms with Gasteiger partial charge in [-0.3, -0.25) is 4.79 Å². The van der Waals surface area contributed by atoms with E-state index in [1.807, 2.05) is 7.05 Å². The van der Waals surface area contributed by atoms with Crippen LogP contribution < -0.4 is 10.9 Å². The average Bonchev–Trinajstić information content (AvgIpc) is 3.16. The van der Waals surface area contributed by atoms with E-state index in [-0.39, 0.29) is 5.56 Å². The summed E-state index contributed by atoms with van der Waals surface area (Å²) in [5.41, 5.74) is -0.667. The molecule has 0 aliphatic heterocycles. The van der Waals surface area contributed by atoms with E-state index >= 15 is 0 Å². The van der Waals surface area contributed by atoms with E-state index in [1.54, 1.807) is 0 Å². The maximum atomic E-state index is 11.1. The lowest BCUT2D eigenvalue weighted by atomic mass is 9.98. The van der Waals surface area contributed by atoms with Crippen LogP contribution in [0.1, 0.15) is 12.8 Å². The summed E-state index contributed by atoms with van der Waals surface area (Å²) in [7, 11) is 1.81. The number of hydrogen-bond acceptors (Lipinski definition) is 5. The highest BCUT2D eigenvalue weighted by Gasteiger charge is 2.44. The fourth-order valence-corrected chi connectivity index (χ4v) is 2.87. The Bertz CT molecular complexity index is 491. The monoisotopic (exact) mass is 250 g/mol. The summed E-state index contributed by atoms with van der Waals surface area (Å²) < 4.78 is 0. The van der Waals surface area contributed by atoms with Gasteiger partial charge < -0.3 is 10.3 Å². The predicted octanol–water partition coefficient (Wildman–Crippen LogP) is 0.754. The summed E-state index contributed by atoms with van der Waals surface area (Å²) in [6.07, 6.45) is 3.66. The van der Waals surface area contributed by atoms with Crippen molar-refractivity contribution in [1.29, 1.82) is 5.26 Å². The smallest absolute Gasteiger partial charge is 0.251 e. The van der Waals surface area contributed by atoms with Gasteiger partial charge in [0.25, 0.3) is 5.56 Å². The first kappa shape index (κ1) is 12.1. The Morgan fingerprint density at radius 2 is 2.53 bits per heavy atom. The lowest BCUT2D eigenvalue weighted by Crippen LogP contribution is -2.46. The minimum Gasteiger partial charge on any atom is -0.302 e. The summed E-state index contributed by atoms with van der Waals surface area (Å²) in [6, 6.07) is 3.74. The molecule has 0 aromatic carbocycles. The van der Waals surface area contributed by atoms with Crippen LogP contribution in [-0.4, -0.2) is 28.3 Å². The average molecular weight is 250 g/mol. The molecule has 1 aliphatic carbocycles. The van der Waals surface area contributed by atoms with Crippen LogP contribution in [0.15, 0.2) is 22.2 Å². The van der Waals surface area contributed by atoms with Gasteiger partial charge in [-0.15, -0.1) is 0 Å². The van der Waals surface area contributed by atoms with Crippen LogP contribution in [0, 0.1) is 17.2 Å². The molecule has 1 aromatic heterocycles. The third-order valence-electron chi connectivity index (χ3n) is 3.00. The van der Waals surface area contributed by atoms with Gasteiger partial charge in [-0.05, 0) is 25.8 Å². The molecule has 1 aliphatic rings. The number of nitrogens with one attached hydrogen (secondary N) is 2. The first-order chi connectivity index (χ1) is 8.20. The molecule has 1 aromatic rings. The van der Waals surface area contributed by atoms with E-state index in [4.69, 9.17) is 0 Å². The number of aromatic amines is 1. The van der Waals surface area contributed by atoms with Crippen molar-refractivity contribution in [3.05, 3.63) is 22.6 Å². The van der Waals surface area contributed by atoms with Crippen LogP contribution in [0.5, 0.6) is 0 Å². The van der Waals surface area contributed by atoms with Crippen LogP contribution in [0.3, 0.4) is 0 Å². The summed E-state index contributed by atoms with van der Waals surface area (Å²) in [5.74, 6) is 1.01. The zero-order chi connectivity index (χ0) is 12.3. The number of rotatable bonds is 5. The molecule has 0 amide bonds. The van der Waals surface area contributed by atoms with Crippen molar-refractivity contribution in [1.82, 2.24) is 15.3 Å². The predicted molar refractivity (Wildman–Crippen MR) is 65.7 cm³/mol. The zero-order valence-electron chi connectivity index (χ0n) is 9.56. The Morgan fingerprint density at radius 1 is 1.76 bits per heavy atom. The van der Waals surface area contributed by atoms with Crippen LogP contribution in [0.25, 0.3) is 0 Å². The third-order valence-corrected chi connectivity index (χ3v) is 4.08. The Kier molecular flexibility index (Phi) is 3.50. The molecule has 2 rings (SSSR count). The Balaban J connectivity index is 2.05. The Morgan fingerprint density at radius 3 is 3.06 bits per heavy atom. The van der Waals surface area contributed by atoms with Gasteiger partial charge in [0.2, 0.25) is 0 Å². The molecule has 1 atom stereocenters. The topological polar surface area (TPSA) is 81.6 Å². The van der Waals surface area contributed by atoms with Crippen molar-refractivity contribution in [3.8, 4) is 6.07 Å². The Labute approximate surface area is 104 Å². The lowest BCUT2D eigenvalue weighted by molar-refractivity contribution is 0.441. The van der Waals surface area contributed by atoms with Gasteiger partial charge in [-0.25, -0.2) is 4.98 Å². The molecule has 0 bridgehead atoms. The number of aromatic nitrogens is 2. The first-order valence-electron chi connectivity index (χ1n) is 5.48. The van der Waals surface area contributed by atoms with Crippen molar-refractivity contribution in [2.75, 3.05) is 12.8 Å². The maximum absolute atomic E-state index is 11.1. The summed E-state index contributed by atoms with van der Waals surface area (Å²) in [5, 5.41) is 13.0. The van der Waals surface area contributed by atoms with E-state index in [9.17, 15) is 10.1 Å². The second-order valence-electron chi connectivity index (χ2n) is 4.14. The number of nitriles is 1. The van der Waals surface area contributed by atoms with Gasteiger partial charge in [0, 0.05) is 18.0 Å². The van der Waals surface area contributed by atoms with Crippen LogP contribution in [-0.2, 0) is 0 Å². The molecule has 1 saturated carbocycles. The lowest BCUT2D eigenvalue weighted by Gasteiger charge is -2.25. The molecule has 5 nitrogen and oxygen atoms in total. The summed E-state index contributed by atoms with van der Waals surface area (Å²) >= 11 is 1.41. The molecule has 90 valence electrons. The molecule has 0 radical (unpaired) electrons.